The summed E-state index contributed by atoms with van der Waals surface area (Å²) in [6.45, 7) is 0. The monoisotopic (exact) mass is 78.1 g/mol. The normalized spacial score (nSPS) is 7.20. The first-order valence-electron chi connectivity index (χ1n) is 1.34. The average Bonchev–Trinajstić information content (AvgIpc) is 0.811. The molecule has 0 N–H and O–H groups in total. The molecule has 0 radical (unpaired) electrons. The molecule has 0 atom stereocenters. The van der Waals surface area contributed by atoms with E-state index in [2.05, 4.69) is 0 Å². The summed E-state index contributed by atoms with van der Waals surface area (Å²) in [6, 6.07) is 0. The summed E-state index contributed by atoms with van der Waals surface area (Å²) in [4.78, 5) is 2.00. The largest absolute Gasteiger partial charge is 0.312 e. The van der Waals surface area contributed by atoms with E-state index in [9.17, 15) is 0 Å². The van der Waals surface area contributed by atoms with Gasteiger partial charge in [-0.25, -0.2) is 0 Å². The van der Waals surface area contributed by atoms with Gasteiger partial charge in [0.2, 0.25) is 0 Å². The highest BCUT2D eigenvalue weighted by atomic mass is 15.0. The van der Waals surface area contributed by atoms with Gasteiger partial charge in [-0.3, -0.25) is 0 Å². The molecule has 0 spiro atoms. The molecule has 0 bridgehead atoms. The lowest BCUT2D eigenvalue weighted by atomic mass is 11.0. The van der Waals surface area contributed by atoms with Gasteiger partial charge < -0.3 is 4.90 Å². The quantitative estimate of drug-likeness (QED) is 0.419. The highest BCUT2D eigenvalue weighted by molar-refractivity contribution is 4.09. The highest BCUT2D eigenvalue weighted by Crippen LogP contribution is 1.47. The minimum absolute atomic E-state index is 0. The molecule has 0 unspecified atom stereocenters. The molecular formula is C4H15N. The maximum atomic E-state index is 2.00. The standard InChI is InChI=1S/C3H9N.CH4.H2/c1-4(2)3;;/h1-3H3;1H4;1H/i;;1+1. The average molecular weight is 78.2 g/mol. The van der Waals surface area contributed by atoms with Crippen LogP contribution in [0.25, 0.3) is 0 Å². The molecule has 0 aromatic carbocycles. The van der Waals surface area contributed by atoms with Gasteiger partial charge in [-0.1, -0.05) is 7.43 Å². The lowest BCUT2D eigenvalue weighted by molar-refractivity contribution is 0.505. The first kappa shape index (κ1) is 8.88. The van der Waals surface area contributed by atoms with Crippen molar-refractivity contribution < 1.29 is 1.43 Å². The van der Waals surface area contributed by atoms with Crippen molar-refractivity contribution in [2.75, 3.05) is 21.1 Å². The summed E-state index contributed by atoms with van der Waals surface area (Å²) in [6.07, 6.45) is 0. The molecule has 5 heavy (non-hydrogen) atoms. The van der Waals surface area contributed by atoms with E-state index >= 15 is 0 Å². The van der Waals surface area contributed by atoms with Gasteiger partial charge >= 0.3 is 0 Å². The Bertz CT molecular complexity index is 12.3. The van der Waals surface area contributed by atoms with E-state index in [1.165, 1.54) is 0 Å². The van der Waals surface area contributed by atoms with E-state index in [1.54, 1.807) is 0 Å². The minimum atomic E-state index is 0. The molecule has 1 nitrogen and oxygen atoms in total. The molecule has 0 aliphatic heterocycles. The van der Waals surface area contributed by atoms with Crippen molar-refractivity contribution in [3.05, 3.63) is 0 Å². The van der Waals surface area contributed by atoms with Gasteiger partial charge in [0.1, 0.15) is 0 Å². The molecular weight excluding hydrogens is 62.1 g/mol. The van der Waals surface area contributed by atoms with Crippen LogP contribution in [0.15, 0.2) is 0 Å². The Hall–Kier alpha value is -0.0400. The Morgan fingerprint density at radius 2 is 1.20 bits per heavy atom. The number of nitrogens with zero attached hydrogens (tertiary/aromatic N) is 1. The van der Waals surface area contributed by atoms with Gasteiger partial charge in [-0.15, -0.1) is 0 Å². The topological polar surface area (TPSA) is 3.24 Å². The summed E-state index contributed by atoms with van der Waals surface area (Å²) in [7, 11) is 6.00. The van der Waals surface area contributed by atoms with Crippen molar-refractivity contribution in [3.63, 3.8) is 0 Å². The molecule has 0 amide bonds. The molecule has 1 heteroatoms. The molecule has 0 aromatic rings. The molecule has 0 saturated heterocycles. The van der Waals surface area contributed by atoms with Gasteiger partial charge in [0.25, 0.3) is 0 Å². The maximum Gasteiger partial charge on any atom is 0 e. The molecule has 0 rings (SSSR count). The SMILES string of the molecule is C.CN(C)C.[2HH]. The van der Waals surface area contributed by atoms with Gasteiger partial charge in [0, 0.05) is 1.43 Å². The Morgan fingerprint density at radius 1 is 1.20 bits per heavy atom. The molecule has 0 aromatic heterocycles. The zero-order valence-electron chi connectivity index (χ0n) is 3.45. The fraction of sp³-hybridized carbons (Fsp3) is 1.00. The van der Waals surface area contributed by atoms with Crippen molar-refractivity contribution in [2.45, 2.75) is 7.43 Å². The summed E-state index contributed by atoms with van der Waals surface area (Å²) < 4.78 is 0. The van der Waals surface area contributed by atoms with Crippen LogP contribution < -0.4 is 0 Å². The van der Waals surface area contributed by atoms with Crippen LogP contribution in [-0.4, -0.2) is 26.0 Å². The highest BCUT2D eigenvalue weighted by Gasteiger charge is 1.58. The fourth-order valence-corrected chi connectivity index (χ4v) is 0. The molecule has 0 aliphatic rings. The second-order valence-corrected chi connectivity index (χ2v) is 1.34. The summed E-state index contributed by atoms with van der Waals surface area (Å²) in [5.41, 5.74) is 0. The predicted molar refractivity (Wildman–Crippen MR) is 28.5 cm³/mol. The second kappa shape index (κ2) is 3.96. The van der Waals surface area contributed by atoms with Gasteiger partial charge in [0.05, 0.1) is 0 Å². The zero-order chi connectivity index (χ0) is 3.58. The van der Waals surface area contributed by atoms with Crippen molar-refractivity contribution >= 4 is 0 Å². The smallest absolute Gasteiger partial charge is 0 e. The first-order valence-corrected chi connectivity index (χ1v) is 1.34. The molecule has 0 fully saturated rings. The van der Waals surface area contributed by atoms with E-state index in [-0.39, 0.29) is 8.85 Å². The van der Waals surface area contributed by atoms with E-state index in [0.29, 0.717) is 0 Å². The van der Waals surface area contributed by atoms with E-state index in [0.717, 1.165) is 0 Å². The van der Waals surface area contributed by atoms with Crippen LogP contribution >= 0.6 is 0 Å². The third-order valence-corrected chi connectivity index (χ3v) is 0. The third kappa shape index (κ3) is 9510. The zero-order valence-corrected chi connectivity index (χ0v) is 3.45. The Labute approximate surface area is 36.1 Å². The van der Waals surface area contributed by atoms with Crippen LogP contribution in [0, 0.1) is 0 Å². The van der Waals surface area contributed by atoms with Gasteiger partial charge in [-0.05, 0) is 21.1 Å². The third-order valence-electron chi connectivity index (χ3n) is 0. The maximum absolute atomic E-state index is 2.00. The Balaban J connectivity index is -0.0000000450. The minimum Gasteiger partial charge on any atom is -0.312 e. The summed E-state index contributed by atoms with van der Waals surface area (Å²) in [5, 5.41) is 0. The summed E-state index contributed by atoms with van der Waals surface area (Å²) >= 11 is 0. The van der Waals surface area contributed by atoms with Crippen LogP contribution in [0.3, 0.4) is 0 Å². The lowest BCUT2D eigenvalue weighted by Gasteiger charge is -1.90. The van der Waals surface area contributed by atoms with E-state index < -0.39 is 0 Å². The molecule has 0 saturated carbocycles. The van der Waals surface area contributed by atoms with Crippen LogP contribution in [0.2, 0.25) is 0 Å². The number of hydrogen-bond donors (Lipinski definition) is 0. The predicted octanol–water partition coefficient (Wildman–Crippen LogP) is 1.06. The van der Waals surface area contributed by atoms with Crippen molar-refractivity contribution in [2.24, 2.45) is 0 Å². The molecule has 0 heterocycles. The van der Waals surface area contributed by atoms with Crippen LogP contribution in [0.4, 0.5) is 0 Å². The Morgan fingerprint density at radius 3 is 1.20 bits per heavy atom. The van der Waals surface area contributed by atoms with Crippen molar-refractivity contribution in [1.29, 1.82) is 0 Å². The van der Waals surface area contributed by atoms with Crippen molar-refractivity contribution in [1.82, 2.24) is 4.90 Å². The second-order valence-electron chi connectivity index (χ2n) is 1.34. The van der Waals surface area contributed by atoms with E-state index in [1.807, 2.05) is 26.0 Å². The van der Waals surface area contributed by atoms with Crippen LogP contribution in [-0.2, 0) is 0 Å². The summed E-state index contributed by atoms with van der Waals surface area (Å²) in [5.74, 6) is 0. The van der Waals surface area contributed by atoms with Crippen LogP contribution in [0.5, 0.6) is 0 Å². The van der Waals surface area contributed by atoms with Crippen molar-refractivity contribution in [3.8, 4) is 0 Å². The number of rotatable bonds is 0. The van der Waals surface area contributed by atoms with E-state index in [4.69, 9.17) is 0 Å². The first-order chi connectivity index (χ1) is 1.73. The molecule has 0 aliphatic carbocycles. The lowest BCUT2D eigenvalue weighted by Crippen LogP contribution is -1.99. The molecule has 36 valence electrons. The number of hydrogen-bond acceptors (Lipinski definition) is 1. The van der Waals surface area contributed by atoms with Gasteiger partial charge in [0.15, 0.2) is 0 Å². The Kier molecular flexibility index (Phi) is 7.03. The van der Waals surface area contributed by atoms with Gasteiger partial charge in [-0.2, -0.15) is 0 Å². The fourth-order valence-electron chi connectivity index (χ4n) is 0. The van der Waals surface area contributed by atoms with Crippen LogP contribution in [0.1, 0.15) is 8.85 Å².